The molecule has 2 rings (SSSR count). The van der Waals surface area contributed by atoms with Gasteiger partial charge in [-0.1, -0.05) is 41.6 Å². The fraction of sp³-hybridized carbons (Fsp3) is 1.00. The van der Waals surface area contributed by atoms with Crippen molar-refractivity contribution in [3.63, 3.8) is 0 Å². The van der Waals surface area contributed by atoms with E-state index in [1.807, 2.05) is 0 Å². The van der Waals surface area contributed by atoms with E-state index in [2.05, 4.69) is 15.9 Å². The molecule has 0 heterocycles. The van der Waals surface area contributed by atoms with E-state index in [0.29, 0.717) is 0 Å². The Bertz CT molecular complexity index is 296. The van der Waals surface area contributed by atoms with Gasteiger partial charge in [0.25, 0.3) is 0 Å². The van der Waals surface area contributed by atoms with Crippen molar-refractivity contribution in [2.45, 2.75) is 51.4 Å². The van der Waals surface area contributed by atoms with E-state index >= 15 is 0 Å². The summed E-state index contributed by atoms with van der Waals surface area (Å²) in [6, 6.07) is 0. The van der Waals surface area contributed by atoms with Crippen molar-refractivity contribution in [2.24, 2.45) is 11.8 Å². The first kappa shape index (κ1) is 19.4. The first-order valence-corrected chi connectivity index (χ1v) is 9.20. The molecule has 0 N–H and O–H groups in total. The molecule has 102 valence electrons. The van der Waals surface area contributed by atoms with E-state index in [1.54, 1.807) is 0 Å². The molecule has 0 unspecified atom stereocenters. The van der Waals surface area contributed by atoms with Crippen molar-refractivity contribution in [1.82, 2.24) is 0 Å². The second kappa shape index (κ2) is 10.2. The first-order valence-electron chi connectivity index (χ1n) is 6.51. The summed E-state index contributed by atoms with van der Waals surface area (Å²) >= 11 is 3.48. The molecule has 0 saturated heterocycles. The Hall–Kier alpha value is 1.39. The van der Waals surface area contributed by atoms with E-state index in [4.69, 9.17) is 0 Å². The zero-order chi connectivity index (χ0) is 12.7. The summed E-state index contributed by atoms with van der Waals surface area (Å²) in [6.07, 6.45) is 9.87. The van der Waals surface area contributed by atoms with Crippen molar-refractivity contribution < 1.29 is 42.5 Å². The summed E-state index contributed by atoms with van der Waals surface area (Å²) in [6.45, 7) is 0. The molecule has 6 heteroatoms. The monoisotopic (exact) mass is 348 g/mol. The Balaban J connectivity index is 0.000000321. The van der Waals surface area contributed by atoms with Gasteiger partial charge in [-0.05, 0) is 37.5 Å². The summed E-state index contributed by atoms with van der Waals surface area (Å²) in [7, 11) is -3.96. The fourth-order valence-corrected chi connectivity index (χ4v) is 4.19. The number of halogens is 1. The van der Waals surface area contributed by atoms with Crippen molar-refractivity contribution in [3.05, 3.63) is 0 Å². The Kier molecular flexibility index (Phi) is 11.0. The fourth-order valence-electron chi connectivity index (χ4n) is 2.63. The first-order chi connectivity index (χ1) is 8.01. The van der Waals surface area contributed by atoms with Crippen LogP contribution < -0.4 is 29.6 Å². The average molecular weight is 349 g/mol. The topological polar surface area (TPSA) is 57.2 Å². The minimum absolute atomic E-state index is 0. The van der Waals surface area contributed by atoms with Gasteiger partial charge in [0.2, 0.25) is 0 Å². The van der Waals surface area contributed by atoms with Gasteiger partial charge >= 0.3 is 29.6 Å². The summed E-state index contributed by atoms with van der Waals surface area (Å²) in [4.78, 5) is 0. The third kappa shape index (κ3) is 9.32. The zero-order valence-corrected chi connectivity index (χ0v) is 15.6. The summed E-state index contributed by atoms with van der Waals surface area (Å²) in [5, 5.41) is 1.23. The van der Waals surface area contributed by atoms with Gasteiger partial charge in [0, 0.05) is 11.1 Å². The van der Waals surface area contributed by atoms with Crippen LogP contribution in [0, 0.1) is 11.8 Å². The molecular weight excluding hydrogens is 327 g/mol. The molecular formula is C12H22BrNaO3S. The second-order valence-corrected chi connectivity index (χ2v) is 7.28. The molecule has 0 spiro atoms. The van der Waals surface area contributed by atoms with Gasteiger partial charge in [0.1, 0.15) is 0 Å². The standard InChI is InChI=1S/C6H11Br.C6H12O3S.Na/c7-5-6-3-1-2-4-6;7-10(8,9)5-6-3-1-2-4-6;/h6H,1-5H2;6H,1-5H2,(H,7,8,9);/q;;+1/p-1. The normalized spacial score (nSPS) is 21.2. The minimum Gasteiger partial charge on any atom is -0.748 e. The van der Waals surface area contributed by atoms with Crippen LogP contribution in [-0.2, 0) is 10.1 Å². The van der Waals surface area contributed by atoms with Crippen LogP contribution in [0.3, 0.4) is 0 Å². The molecule has 0 bridgehead atoms. The Morgan fingerprint density at radius 1 is 0.944 bits per heavy atom. The Labute approximate surface area is 142 Å². The van der Waals surface area contributed by atoms with Crippen molar-refractivity contribution in [2.75, 3.05) is 11.1 Å². The maximum absolute atomic E-state index is 10.2. The molecule has 0 aromatic heterocycles. The predicted octanol–water partition coefficient (Wildman–Crippen LogP) is 0.297. The zero-order valence-electron chi connectivity index (χ0n) is 11.2. The van der Waals surface area contributed by atoms with Crippen LogP contribution in [0.1, 0.15) is 51.4 Å². The third-order valence-electron chi connectivity index (χ3n) is 3.61. The van der Waals surface area contributed by atoms with Gasteiger partial charge in [-0.2, -0.15) is 0 Å². The number of alkyl halides is 1. The van der Waals surface area contributed by atoms with Crippen LogP contribution in [0.5, 0.6) is 0 Å². The summed E-state index contributed by atoms with van der Waals surface area (Å²) in [5.74, 6) is 1.02. The van der Waals surface area contributed by atoms with E-state index in [-0.39, 0.29) is 41.2 Å². The molecule has 0 atom stereocenters. The quantitative estimate of drug-likeness (QED) is 0.418. The van der Waals surface area contributed by atoms with E-state index in [1.165, 1.54) is 31.0 Å². The molecule has 0 aromatic carbocycles. The van der Waals surface area contributed by atoms with Gasteiger partial charge in [0.15, 0.2) is 0 Å². The summed E-state index contributed by atoms with van der Waals surface area (Å²) in [5.41, 5.74) is 0. The molecule has 0 aliphatic heterocycles. The average Bonchev–Trinajstić information content (AvgIpc) is 2.86. The SMILES string of the molecule is BrCC1CCCC1.O=S(=O)([O-])CC1CCCC1.[Na+]. The van der Waals surface area contributed by atoms with Crippen LogP contribution in [-0.4, -0.2) is 24.1 Å². The number of hydrogen-bond donors (Lipinski definition) is 0. The van der Waals surface area contributed by atoms with Crippen LogP contribution >= 0.6 is 15.9 Å². The molecule has 0 amide bonds. The van der Waals surface area contributed by atoms with Crippen LogP contribution in [0.2, 0.25) is 0 Å². The van der Waals surface area contributed by atoms with Crippen molar-refractivity contribution >= 4 is 26.0 Å². The largest absolute Gasteiger partial charge is 1.00 e. The molecule has 2 saturated carbocycles. The maximum atomic E-state index is 10.2. The van der Waals surface area contributed by atoms with Gasteiger partial charge in [-0.3, -0.25) is 0 Å². The van der Waals surface area contributed by atoms with Crippen molar-refractivity contribution in [3.8, 4) is 0 Å². The van der Waals surface area contributed by atoms with Crippen LogP contribution in [0.15, 0.2) is 0 Å². The van der Waals surface area contributed by atoms with E-state index < -0.39 is 10.1 Å². The Morgan fingerprint density at radius 2 is 1.33 bits per heavy atom. The number of rotatable bonds is 3. The maximum Gasteiger partial charge on any atom is 1.00 e. The minimum atomic E-state index is -3.96. The molecule has 2 aliphatic carbocycles. The Morgan fingerprint density at radius 3 is 1.61 bits per heavy atom. The molecule has 0 aromatic rings. The van der Waals surface area contributed by atoms with E-state index in [0.717, 1.165) is 31.6 Å². The van der Waals surface area contributed by atoms with Gasteiger partial charge < -0.3 is 4.55 Å². The molecule has 18 heavy (non-hydrogen) atoms. The summed E-state index contributed by atoms with van der Waals surface area (Å²) < 4.78 is 30.7. The second-order valence-electron chi connectivity index (χ2n) is 5.18. The van der Waals surface area contributed by atoms with Gasteiger partial charge in [-0.25, -0.2) is 8.42 Å². The smallest absolute Gasteiger partial charge is 0.748 e. The molecule has 2 fully saturated rings. The van der Waals surface area contributed by atoms with Gasteiger partial charge in [0.05, 0.1) is 10.1 Å². The molecule has 0 radical (unpaired) electrons. The predicted molar refractivity (Wildman–Crippen MR) is 72.3 cm³/mol. The van der Waals surface area contributed by atoms with Crippen LogP contribution in [0.4, 0.5) is 0 Å². The number of hydrogen-bond acceptors (Lipinski definition) is 3. The van der Waals surface area contributed by atoms with Crippen molar-refractivity contribution in [1.29, 1.82) is 0 Å². The van der Waals surface area contributed by atoms with E-state index in [9.17, 15) is 13.0 Å². The molecule has 3 nitrogen and oxygen atoms in total. The molecule has 2 aliphatic rings. The van der Waals surface area contributed by atoms with Gasteiger partial charge in [-0.15, -0.1) is 0 Å². The van der Waals surface area contributed by atoms with Crippen LogP contribution in [0.25, 0.3) is 0 Å². The third-order valence-corrected chi connectivity index (χ3v) is 5.40.